The summed E-state index contributed by atoms with van der Waals surface area (Å²) in [5.74, 6) is -0.705. The van der Waals surface area contributed by atoms with E-state index in [-0.39, 0.29) is 25.0 Å². The standard InChI is InChI=1S/C42H83O18P3/c1-3-5-7-9-11-13-15-17-19-21-23-25-27-29-34(43)31-32-35(57-36(44)30-28-26-24-22-20-18-16-14-12-10-8-6-4-2)33-56-63(54,55)60-40-37(45)38(46)41(58-61(48,49)50)42(39(40)47)59-62(51,52)53/h35,37-42,45-47H,3-33H2,1-2H3,(H,54,55)(H2,48,49,50)(H2,51,52,53)/t35-,37-,38-,39+,40+,41+,42+/m1/s1. The summed E-state index contributed by atoms with van der Waals surface area (Å²) in [7, 11) is -16.5. The Morgan fingerprint density at radius 3 is 1.21 bits per heavy atom. The molecule has 0 radical (unpaired) electrons. The molecule has 0 aromatic rings. The highest BCUT2D eigenvalue weighted by atomic mass is 31.2. The maximum absolute atomic E-state index is 13.1. The van der Waals surface area contributed by atoms with Gasteiger partial charge in [-0.25, -0.2) is 13.7 Å². The van der Waals surface area contributed by atoms with Gasteiger partial charge in [0, 0.05) is 19.3 Å². The van der Waals surface area contributed by atoms with E-state index in [1.807, 2.05) is 0 Å². The van der Waals surface area contributed by atoms with Gasteiger partial charge < -0.3 is 44.5 Å². The molecule has 0 aliphatic heterocycles. The molecule has 1 aliphatic rings. The SMILES string of the molecule is CCCCCCCCCCCCCCCC(=O)CC[C@H](COP(=O)(O)O[C@H]1[C@H](O)[C@@H](O)[C@H](OP(=O)(O)O)[C@@H](OP(=O)(O)O)[C@H]1O)OC(=O)CCCCCCCCCCCCCCC. The second kappa shape index (κ2) is 34.6. The molecule has 63 heavy (non-hydrogen) atoms. The van der Waals surface area contributed by atoms with Gasteiger partial charge in [-0.2, -0.15) is 0 Å². The molecule has 0 spiro atoms. The van der Waals surface area contributed by atoms with Crippen LogP contribution in [0.5, 0.6) is 0 Å². The minimum atomic E-state index is -5.58. The number of unbranched alkanes of at least 4 members (excludes halogenated alkanes) is 24. The van der Waals surface area contributed by atoms with Crippen LogP contribution in [-0.2, 0) is 46.1 Å². The highest BCUT2D eigenvalue weighted by Crippen LogP contribution is 2.51. The molecular weight excluding hydrogens is 885 g/mol. The lowest BCUT2D eigenvalue weighted by Gasteiger charge is -2.44. The Morgan fingerprint density at radius 2 is 0.810 bits per heavy atom. The second-order valence-electron chi connectivity index (χ2n) is 17.1. The molecule has 21 heteroatoms. The van der Waals surface area contributed by atoms with Crippen LogP contribution in [0.2, 0.25) is 0 Å². The van der Waals surface area contributed by atoms with Gasteiger partial charge in [-0.05, 0) is 19.3 Å². The van der Waals surface area contributed by atoms with Crippen LogP contribution >= 0.6 is 23.5 Å². The second-order valence-corrected chi connectivity index (χ2v) is 20.9. The molecule has 8 atom stereocenters. The first kappa shape index (κ1) is 60.4. The average Bonchev–Trinajstić information content (AvgIpc) is 3.20. The zero-order valence-electron chi connectivity index (χ0n) is 38.0. The molecule has 0 aromatic heterocycles. The lowest BCUT2D eigenvalue weighted by Crippen LogP contribution is -2.65. The molecule has 0 saturated heterocycles. The fourth-order valence-electron chi connectivity index (χ4n) is 7.71. The summed E-state index contributed by atoms with van der Waals surface area (Å²) in [6.45, 7) is 3.64. The number of phosphoric ester groups is 3. The Labute approximate surface area is 376 Å². The van der Waals surface area contributed by atoms with Gasteiger partial charge in [0.05, 0.1) is 6.61 Å². The van der Waals surface area contributed by atoms with Gasteiger partial charge in [-0.1, -0.05) is 168 Å². The quantitative estimate of drug-likeness (QED) is 0.0161. The lowest BCUT2D eigenvalue weighted by atomic mass is 9.85. The maximum Gasteiger partial charge on any atom is 0.472 e. The summed E-state index contributed by atoms with van der Waals surface area (Å²) in [5.41, 5.74) is 0. The molecular formula is C42H83O18P3. The van der Waals surface area contributed by atoms with E-state index in [4.69, 9.17) is 13.8 Å². The number of hydrogen-bond acceptors (Lipinski definition) is 13. The normalized spacial score (nSPS) is 22.2. The molecule has 1 aliphatic carbocycles. The molecule has 8 N–H and O–H groups in total. The van der Waals surface area contributed by atoms with Gasteiger partial charge >= 0.3 is 29.4 Å². The van der Waals surface area contributed by atoms with Gasteiger partial charge in [0.2, 0.25) is 0 Å². The van der Waals surface area contributed by atoms with Gasteiger partial charge in [-0.15, -0.1) is 0 Å². The van der Waals surface area contributed by atoms with Crippen LogP contribution in [0, 0.1) is 0 Å². The van der Waals surface area contributed by atoms with Crippen molar-refractivity contribution in [1.82, 2.24) is 0 Å². The topological polar surface area (TPSA) is 293 Å². The number of ether oxygens (including phenoxy) is 1. The van der Waals surface area contributed by atoms with E-state index in [2.05, 4.69) is 22.9 Å². The van der Waals surface area contributed by atoms with E-state index in [0.717, 1.165) is 44.9 Å². The maximum atomic E-state index is 13.1. The minimum absolute atomic E-state index is 0.0243. The zero-order valence-corrected chi connectivity index (χ0v) is 40.6. The summed E-state index contributed by atoms with van der Waals surface area (Å²) in [6, 6.07) is 0. The molecule has 1 fully saturated rings. The first-order chi connectivity index (χ1) is 29.8. The van der Waals surface area contributed by atoms with Crippen molar-refractivity contribution >= 4 is 35.2 Å². The van der Waals surface area contributed by atoms with Crippen molar-refractivity contribution in [3.05, 3.63) is 0 Å². The fourth-order valence-corrected chi connectivity index (χ4v) is 9.81. The number of Topliss-reactive ketones (excluding diaryl/α,β-unsaturated/α-hetero) is 1. The molecule has 18 nitrogen and oxygen atoms in total. The van der Waals surface area contributed by atoms with Gasteiger partial charge in [0.25, 0.3) is 0 Å². The first-order valence-corrected chi connectivity index (χ1v) is 28.2. The van der Waals surface area contributed by atoms with Crippen molar-refractivity contribution in [1.29, 1.82) is 0 Å². The number of hydrogen-bond donors (Lipinski definition) is 8. The van der Waals surface area contributed by atoms with E-state index in [1.165, 1.54) is 109 Å². The van der Waals surface area contributed by atoms with Gasteiger partial charge in [-0.3, -0.25) is 27.7 Å². The fraction of sp³-hybridized carbons (Fsp3) is 0.952. The predicted octanol–water partition coefficient (Wildman–Crippen LogP) is 8.76. The van der Waals surface area contributed by atoms with E-state index >= 15 is 0 Å². The van der Waals surface area contributed by atoms with Crippen molar-refractivity contribution in [3.8, 4) is 0 Å². The Hall–Kier alpha value is -0.650. The third-order valence-electron chi connectivity index (χ3n) is 11.3. The molecule has 0 bridgehead atoms. The van der Waals surface area contributed by atoms with E-state index < -0.39 is 78.8 Å². The Kier molecular flexibility index (Phi) is 33.2. The monoisotopic (exact) mass is 968 g/mol. The van der Waals surface area contributed by atoms with Crippen molar-refractivity contribution < 1.29 is 85.9 Å². The largest absolute Gasteiger partial charge is 0.472 e. The van der Waals surface area contributed by atoms with E-state index in [1.54, 1.807) is 0 Å². The van der Waals surface area contributed by atoms with Crippen LogP contribution in [0.4, 0.5) is 0 Å². The Bertz CT molecular complexity index is 1340. The molecule has 1 rings (SSSR count). The van der Waals surface area contributed by atoms with Gasteiger partial charge in [0.1, 0.15) is 48.5 Å². The van der Waals surface area contributed by atoms with Crippen LogP contribution in [0.15, 0.2) is 0 Å². The molecule has 0 heterocycles. The molecule has 0 amide bonds. The van der Waals surface area contributed by atoms with Crippen LogP contribution < -0.4 is 0 Å². The molecule has 0 aromatic carbocycles. The smallest absolute Gasteiger partial charge is 0.460 e. The van der Waals surface area contributed by atoms with Crippen LogP contribution in [0.3, 0.4) is 0 Å². The summed E-state index contributed by atoms with van der Waals surface area (Å²) >= 11 is 0. The number of aliphatic hydroxyl groups is 3. The minimum Gasteiger partial charge on any atom is -0.460 e. The number of aliphatic hydroxyl groups excluding tert-OH is 3. The van der Waals surface area contributed by atoms with Crippen LogP contribution in [-0.4, -0.2) is 101 Å². The number of carbonyl (C=O) groups excluding carboxylic acids is 2. The third kappa shape index (κ3) is 31.1. The summed E-state index contributed by atoms with van der Waals surface area (Å²) in [4.78, 5) is 73.4. The Balaban J connectivity index is 2.74. The average molecular weight is 969 g/mol. The molecule has 1 unspecified atom stereocenters. The van der Waals surface area contributed by atoms with Gasteiger partial charge in [0.15, 0.2) is 0 Å². The zero-order chi connectivity index (χ0) is 47.2. The highest BCUT2D eigenvalue weighted by Gasteiger charge is 2.56. The van der Waals surface area contributed by atoms with Crippen molar-refractivity contribution in [2.75, 3.05) is 6.61 Å². The van der Waals surface area contributed by atoms with Crippen molar-refractivity contribution in [3.63, 3.8) is 0 Å². The number of rotatable bonds is 41. The number of ketones is 1. The highest BCUT2D eigenvalue weighted by molar-refractivity contribution is 7.47. The van der Waals surface area contributed by atoms with E-state index in [0.29, 0.717) is 19.3 Å². The summed E-state index contributed by atoms with van der Waals surface area (Å²) < 4.78 is 60.4. The number of carbonyl (C=O) groups is 2. The number of esters is 1. The molecule has 374 valence electrons. The van der Waals surface area contributed by atoms with E-state index in [9.17, 15) is 63.1 Å². The molecule has 1 saturated carbocycles. The predicted molar refractivity (Wildman–Crippen MR) is 237 cm³/mol. The first-order valence-electron chi connectivity index (χ1n) is 23.7. The Morgan fingerprint density at radius 1 is 0.460 bits per heavy atom. The summed E-state index contributed by atoms with van der Waals surface area (Å²) in [5, 5.41) is 31.9. The van der Waals surface area contributed by atoms with Crippen LogP contribution in [0.1, 0.15) is 206 Å². The van der Waals surface area contributed by atoms with Crippen LogP contribution in [0.25, 0.3) is 0 Å². The summed E-state index contributed by atoms with van der Waals surface area (Å²) in [6.07, 6.45) is 13.9. The van der Waals surface area contributed by atoms with Crippen molar-refractivity contribution in [2.45, 2.75) is 249 Å². The lowest BCUT2D eigenvalue weighted by molar-refractivity contribution is -0.213. The van der Waals surface area contributed by atoms with Crippen molar-refractivity contribution in [2.24, 2.45) is 0 Å². The number of phosphoric acid groups is 3. The third-order valence-corrected chi connectivity index (χ3v) is 13.3.